The van der Waals surface area contributed by atoms with E-state index in [-0.39, 0.29) is 107 Å². The summed E-state index contributed by atoms with van der Waals surface area (Å²) in [6.45, 7) is 47.1. The number of hydrogen-bond acceptors (Lipinski definition) is 2. The molecule has 0 bridgehead atoms. The molecule has 3 heterocycles. The van der Waals surface area contributed by atoms with Crippen molar-refractivity contribution in [3.8, 4) is 72.4 Å². The minimum atomic E-state index is -1.49. The van der Waals surface area contributed by atoms with Gasteiger partial charge in [0, 0.05) is 55.8 Å². The zero-order chi connectivity index (χ0) is 112. The second-order valence-electron chi connectivity index (χ2n) is 41.1. The molecule has 0 saturated heterocycles. The predicted octanol–water partition coefficient (Wildman–Crippen LogP) is 30.5. The summed E-state index contributed by atoms with van der Waals surface area (Å²) in [6.07, 6.45) is 0. The molecule has 598 valence electrons. The van der Waals surface area contributed by atoms with Gasteiger partial charge in [0.2, 0.25) is 0 Å². The second-order valence-corrected chi connectivity index (χ2v) is 41.1. The van der Waals surface area contributed by atoms with Crippen LogP contribution in [0.25, 0.3) is 94.3 Å². The molecule has 0 unspecified atom stereocenters. The van der Waals surface area contributed by atoms with Gasteiger partial charge in [-0.1, -0.05) is 387 Å². The topological polar surface area (TPSA) is 11.4 Å². The van der Waals surface area contributed by atoms with Crippen molar-refractivity contribution >= 4 is 79.0 Å². The second kappa shape index (κ2) is 28.5. The fraction of sp³-hybridized carbons (Fsp3) is 0.316. The molecule has 0 atom stereocenters. The first-order valence-corrected chi connectivity index (χ1v) is 40.7. The van der Waals surface area contributed by atoms with Crippen molar-refractivity contribution in [2.75, 3.05) is 9.80 Å². The van der Waals surface area contributed by atoms with Crippen LogP contribution in [0.1, 0.15) is 281 Å². The van der Waals surface area contributed by atoms with E-state index in [0.29, 0.717) is 11.1 Å². The van der Waals surface area contributed by atoms with E-state index < -0.39 is 315 Å². The summed E-state index contributed by atoms with van der Waals surface area (Å²) in [5.74, 6) is 0. The molecule has 118 heavy (non-hydrogen) atoms. The highest BCUT2D eigenvalue weighted by Gasteiger charge is 2.47. The Morgan fingerprint density at radius 2 is 0.619 bits per heavy atom. The van der Waals surface area contributed by atoms with Crippen LogP contribution in [-0.2, 0) is 48.7 Å². The van der Waals surface area contributed by atoms with E-state index in [1.807, 2.05) is 30.3 Å². The van der Waals surface area contributed by atoms with Gasteiger partial charge in [0.25, 0.3) is 6.71 Å². The number of hydrogen-bond donors (Lipinski definition) is 0. The summed E-state index contributed by atoms with van der Waals surface area (Å²) in [5.41, 5.74) is -14.9. The van der Waals surface area contributed by atoms with Crippen molar-refractivity contribution in [2.45, 2.75) is 236 Å². The minimum absolute atomic E-state index is 0.0232. The quantitative estimate of drug-likeness (QED) is 0.133. The summed E-state index contributed by atoms with van der Waals surface area (Å²) in [4.78, 5) is 3.05. The highest BCUT2D eigenvalue weighted by atomic mass is 15.2. The third-order valence-electron chi connectivity index (χ3n) is 22.5. The molecular formula is C114H124BN3. The largest absolute Gasteiger partial charge is 0.310 e. The Labute approximate surface area is 752 Å². The van der Waals surface area contributed by atoms with Gasteiger partial charge in [0.05, 0.1) is 72.0 Å². The first-order chi connectivity index (χ1) is 68.6. The van der Waals surface area contributed by atoms with Crippen LogP contribution in [0.5, 0.6) is 0 Å². The number of rotatable bonds is 9. The maximum Gasteiger partial charge on any atom is 0.252 e. The molecule has 1 aromatic heterocycles. The van der Waals surface area contributed by atoms with E-state index in [0.717, 1.165) is 11.1 Å². The molecule has 0 radical (unpaired) electrons. The zero-order valence-electron chi connectivity index (χ0n) is 105. The average Bonchev–Trinajstić information content (AvgIpc) is 1.01. The first kappa shape index (κ1) is 50.9. The Balaban J connectivity index is 1.36. The van der Waals surface area contributed by atoms with Gasteiger partial charge in [-0.25, -0.2) is 0 Å². The molecule has 0 spiro atoms. The number of aromatic nitrogens is 1. The lowest BCUT2D eigenvalue weighted by atomic mass is 9.33. The van der Waals surface area contributed by atoms with E-state index >= 15 is 0 Å². The molecule has 0 aliphatic carbocycles. The molecule has 0 fully saturated rings. The molecule has 16 rings (SSSR count). The fourth-order valence-electron chi connectivity index (χ4n) is 15.8. The number of benzene rings is 13. The molecule has 14 aromatic rings. The van der Waals surface area contributed by atoms with Crippen LogP contribution >= 0.6 is 0 Å². The predicted molar refractivity (Wildman–Crippen MR) is 516 cm³/mol. The summed E-state index contributed by atoms with van der Waals surface area (Å²) in [7, 11) is 0. The monoisotopic (exact) mass is 1580 g/mol. The van der Waals surface area contributed by atoms with Crippen molar-refractivity contribution in [3.05, 3.63) is 310 Å². The number of nitrogens with zero attached hydrogens (tertiary/aromatic N) is 3. The van der Waals surface area contributed by atoms with Gasteiger partial charge in [-0.2, -0.15) is 0 Å². The molecule has 3 nitrogen and oxygen atoms in total. The lowest BCUT2D eigenvalue weighted by Crippen LogP contribution is -2.61. The lowest BCUT2D eigenvalue weighted by Gasteiger charge is -2.46. The van der Waals surface area contributed by atoms with Gasteiger partial charge in [-0.15, -0.1) is 0 Å². The first-order valence-electron chi connectivity index (χ1n) is 56.7. The van der Waals surface area contributed by atoms with Crippen molar-refractivity contribution < 1.29 is 43.9 Å². The van der Waals surface area contributed by atoms with E-state index in [1.54, 1.807) is 156 Å². The van der Waals surface area contributed by atoms with Gasteiger partial charge >= 0.3 is 0 Å². The SMILES string of the molecule is [2H]c1c([2H])c([2H])c(-c2ccc3c(c2)N(c2c(-c4c([2H])c([2H])c(C(C)(C)C)c([2H])c4[2H])c([2H])c(C(C)(C)C)c([2H])c2-c2c([2H])c([2H])c([2H])c([2H])c2C(C)(C)C)c2cc(-n4c5c([2H])c([2H])c([2H])c([2H])c5c5c([2H])c([2H])c([2H])c([2H])c54)cc4c2B3c2ccc(-c3cc(C(C)(C)C)cc(C(C)(C)C)c3)cc2N4c2c(-c3c([2H])c([2H])c(C(C)(C)C)c([2H])c3[2H])c([2H])c(C(C)(C)C)c([2H])c2-c2c([2H])c([2H])c(C(C)(C)C)c([2H])c2C(C)(C)C)c([2H])c1[2H]. The van der Waals surface area contributed by atoms with Crippen molar-refractivity contribution in [3.63, 3.8) is 0 Å². The van der Waals surface area contributed by atoms with Crippen LogP contribution in [0.3, 0.4) is 0 Å². The smallest absolute Gasteiger partial charge is 0.252 e. The van der Waals surface area contributed by atoms with Gasteiger partial charge in [0.15, 0.2) is 0 Å². The Kier molecular flexibility index (Phi) is 12.3. The zero-order valence-corrected chi connectivity index (χ0v) is 73.3. The van der Waals surface area contributed by atoms with Crippen LogP contribution in [0.4, 0.5) is 34.1 Å². The number of para-hydroxylation sites is 2. The number of fused-ring (bicyclic) bond motifs is 7. The van der Waals surface area contributed by atoms with Crippen LogP contribution < -0.4 is 26.2 Å². The van der Waals surface area contributed by atoms with E-state index in [1.165, 1.54) is 33.7 Å². The van der Waals surface area contributed by atoms with Crippen molar-refractivity contribution in [1.29, 1.82) is 0 Å². The molecular weight excluding hydrogens is 1420 g/mol. The van der Waals surface area contributed by atoms with Crippen molar-refractivity contribution in [2.24, 2.45) is 0 Å². The maximum absolute atomic E-state index is 11.8. The van der Waals surface area contributed by atoms with Crippen molar-refractivity contribution in [1.82, 2.24) is 4.57 Å². The van der Waals surface area contributed by atoms with E-state index in [4.69, 9.17) is 1.37 Å². The summed E-state index contributed by atoms with van der Waals surface area (Å²) in [5, 5.41) is -0.912. The van der Waals surface area contributed by atoms with Crippen LogP contribution in [0.15, 0.2) is 260 Å². The molecule has 0 saturated carbocycles. The van der Waals surface area contributed by atoms with Crippen LogP contribution in [0, 0.1) is 0 Å². The Hall–Kier alpha value is -10.7. The molecule has 13 aromatic carbocycles. The third kappa shape index (κ3) is 14.7. The highest BCUT2D eigenvalue weighted by molar-refractivity contribution is 7.00. The van der Waals surface area contributed by atoms with Gasteiger partial charge < -0.3 is 14.4 Å². The van der Waals surface area contributed by atoms with E-state index in [2.05, 4.69) is 47.6 Å². The fourth-order valence-corrected chi connectivity index (χ4v) is 15.8. The molecule has 4 heteroatoms. The van der Waals surface area contributed by atoms with Gasteiger partial charge in [-0.3, -0.25) is 0 Å². The van der Waals surface area contributed by atoms with Gasteiger partial charge in [0.1, 0.15) is 0 Å². The lowest BCUT2D eigenvalue weighted by molar-refractivity contribution is 0.568. The summed E-state index contributed by atoms with van der Waals surface area (Å²) >= 11 is 0. The summed E-state index contributed by atoms with van der Waals surface area (Å²) in [6, 6.07) is -3.27. The normalized spacial score (nSPS) is 17.5. The van der Waals surface area contributed by atoms with Gasteiger partial charge in [-0.05, 0) is 220 Å². The Bertz CT molecular complexity index is 8130. The minimum Gasteiger partial charge on any atom is -0.310 e. The summed E-state index contributed by atoms with van der Waals surface area (Å²) < 4.78 is 335. The number of anilines is 6. The van der Waals surface area contributed by atoms with Crippen LogP contribution in [0.2, 0.25) is 0 Å². The standard InChI is InChI=1S/C114H124BN3/c1-106(2,3)77-51-45-72(46-52-77)89-64-82(111(16,17)18)66-91(85-39-31-34-42-93(85)113(22,23)24)104(89)117-99-61-74(71-37-29-28-30-38-71)49-57-95(99)115-96-58-50-75(76-59-80(109(10,11)12)63-81(60-76)110(13,14)15)62-100(96)118(102-70-84(69-101(117)103(102)115)116-97-43-35-32-40-87(97)88-41-33-36-44-98(88)116)105-90(73-47-53-78(54-48-73)107(4,5)6)65-83(112(19,20)21)67-92(105)86-56-55-79(108(7,8)9)68-94(86)114(25,26)27/h28-70H,1-27H3/i28D,29D,30D,31D,32D,33D,34D,35D,36D,37D,38D,39D,40D,41D,42D,43D,44D,45D,46D,47D,48D,51D,52D,53D,54D,55D,56D,64D,65D,66D,67D,68D. The van der Waals surface area contributed by atoms with E-state index in [9.17, 15) is 42.5 Å². The molecule has 0 N–H and O–H groups in total. The highest BCUT2D eigenvalue weighted by Crippen LogP contribution is 2.58. The molecule has 2 aliphatic heterocycles. The Morgan fingerprint density at radius 1 is 0.246 bits per heavy atom. The van der Waals surface area contributed by atoms with Crippen LogP contribution in [-0.4, -0.2) is 11.3 Å². The Morgan fingerprint density at radius 3 is 1.04 bits per heavy atom. The average molecular weight is 1580 g/mol. The molecule has 0 amide bonds. The molecule has 2 aliphatic rings. The maximum atomic E-state index is 11.8. The third-order valence-corrected chi connectivity index (χ3v) is 22.5.